The van der Waals surface area contributed by atoms with E-state index in [4.69, 9.17) is 16.3 Å². The molecule has 5 rings (SSSR count). The summed E-state index contributed by atoms with van der Waals surface area (Å²) in [6.45, 7) is 2.95. The van der Waals surface area contributed by atoms with Crippen LogP contribution in [0.5, 0.6) is 0 Å². The molecule has 2 heterocycles. The summed E-state index contributed by atoms with van der Waals surface area (Å²) in [4.78, 5) is 34.0. The first kappa shape index (κ1) is 30.2. The molecule has 0 saturated carbocycles. The molecule has 1 fully saturated rings. The number of benzene rings is 3. The van der Waals surface area contributed by atoms with Crippen LogP contribution in [-0.2, 0) is 10.9 Å². The van der Waals surface area contributed by atoms with Gasteiger partial charge in [0.05, 0.1) is 28.3 Å². The van der Waals surface area contributed by atoms with Crippen molar-refractivity contribution >= 4 is 64.2 Å². The Morgan fingerprint density at radius 2 is 1.83 bits per heavy atom. The summed E-state index contributed by atoms with van der Waals surface area (Å²) in [7, 11) is 0. The summed E-state index contributed by atoms with van der Waals surface area (Å²) in [5.41, 5.74) is 0.429. The van der Waals surface area contributed by atoms with Gasteiger partial charge in [-0.05, 0) is 61.7 Å². The van der Waals surface area contributed by atoms with Gasteiger partial charge in [-0.3, -0.25) is 9.59 Å². The maximum atomic E-state index is 13.5. The molecule has 1 aliphatic heterocycles. The lowest BCUT2D eigenvalue weighted by atomic mass is 10.1. The first-order valence-corrected chi connectivity index (χ1v) is 12.9. The number of carbonyl (C=O) groups is 2. The zero-order chi connectivity index (χ0) is 28.4. The largest absolute Gasteiger partial charge is 0.417 e. The summed E-state index contributed by atoms with van der Waals surface area (Å²) in [5, 5.41) is 8.94. The Labute approximate surface area is 244 Å². The van der Waals surface area contributed by atoms with Gasteiger partial charge < -0.3 is 25.7 Å². The van der Waals surface area contributed by atoms with Crippen LogP contribution < -0.4 is 16.0 Å². The minimum atomic E-state index is -4.72. The molecule has 41 heavy (non-hydrogen) atoms. The van der Waals surface area contributed by atoms with Crippen LogP contribution in [0.3, 0.4) is 0 Å². The van der Waals surface area contributed by atoms with E-state index in [-0.39, 0.29) is 29.8 Å². The number of hydrogen-bond acceptors (Lipinski definition) is 5. The third kappa shape index (κ3) is 6.75. The number of nitrogens with one attached hydrogen (secondary N) is 4. The van der Waals surface area contributed by atoms with Gasteiger partial charge in [0, 0.05) is 29.5 Å². The molecule has 1 aliphatic rings. The van der Waals surface area contributed by atoms with E-state index in [1.54, 1.807) is 25.1 Å². The molecule has 2 amide bonds. The fourth-order valence-electron chi connectivity index (χ4n) is 4.52. The predicted molar refractivity (Wildman–Crippen MR) is 154 cm³/mol. The number of aromatic amines is 1. The highest BCUT2D eigenvalue weighted by atomic mass is 35.5. The van der Waals surface area contributed by atoms with Crippen molar-refractivity contribution < 1.29 is 27.5 Å². The highest BCUT2D eigenvalue weighted by Gasteiger charge is 2.35. The Bertz CT molecular complexity index is 1590. The molecule has 0 radical (unpaired) electrons. The third-order valence-electron chi connectivity index (χ3n) is 6.60. The fourth-order valence-corrected chi connectivity index (χ4v) is 4.70. The smallest absolute Gasteiger partial charge is 0.376 e. The van der Waals surface area contributed by atoms with Gasteiger partial charge in [0.2, 0.25) is 5.95 Å². The number of carbonyl (C=O) groups excluding carboxylic acids is 2. The van der Waals surface area contributed by atoms with Crippen LogP contribution in [0.25, 0.3) is 11.0 Å². The van der Waals surface area contributed by atoms with Crippen molar-refractivity contribution in [1.82, 2.24) is 9.97 Å². The summed E-state index contributed by atoms with van der Waals surface area (Å²) in [6, 6.07) is 12.4. The number of aromatic nitrogens is 2. The van der Waals surface area contributed by atoms with Gasteiger partial charge in [-0.1, -0.05) is 29.8 Å². The van der Waals surface area contributed by atoms with E-state index in [0.717, 1.165) is 25.0 Å². The standard InChI is InChI=1S/C28H25ClF3N5O3.ClH/c1-15-21(29)9-4-10-22(15)35-26(39)19-12-16(34-25(38)18-7-2-3-8-20(18)28(30,31)32)13-23-24(19)37-27(36-23)33-14-17-6-5-11-40-17;/h2-4,7-10,12-13,17H,5-6,11,14H2,1H3,(H,34,38)(H,35,39)(H2,33,36,37);1H/t17-;/m0./s1. The lowest BCUT2D eigenvalue weighted by molar-refractivity contribution is -0.137. The topological polar surface area (TPSA) is 108 Å². The van der Waals surface area contributed by atoms with Crippen molar-refractivity contribution in [2.75, 3.05) is 29.1 Å². The maximum Gasteiger partial charge on any atom is 0.417 e. The number of H-pyrrole nitrogens is 1. The minimum Gasteiger partial charge on any atom is -0.376 e. The van der Waals surface area contributed by atoms with Crippen molar-refractivity contribution in [2.45, 2.75) is 32.0 Å². The molecule has 4 N–H and O–H groups in total. The van der Waals surface area contributed by atoms with Crippen molar-refractivity contribution in [3.05, 3.63) is 81.9 Å². The van der Waals surface area contributed by atoms with E-state index < -0.39 is 29.1 Å². The molecule has 8 nitrogen and oxygen atoms in total. The Morgan fingerprint density at radius 1 is 1.07 bits per heavy atom. The van der Waals surface area contributed by atoms with Crippen molar-refractivity contribution in [1.29, 1.82) is 0 Å². The summed E-state index contributed by atoms with van der Waals surface area (Å²) in [6.07, 6.45) is -2.80. The molecule has 0 unspecified atom stereocenters. The van der Waals surface area contributed by atoms with Crippen LogP contribution in [0.15, 0.2) is 54.6 Å². The van der Waals surface area contributed by atoms with E-state index in [1.165, 1.54) is 24.3 Å². The van der Waals surface area contributed by atoms with E-state index in [0.29, 0.717) is 46.4 Å². The molecule has 0 bridgehead atoms. The molecule has 13 heteroatoms. The van der Waals surface area contributed by atoms with Gasteiger partial charge in [0.15, 0.2) is 0 Å². The van der Waals surface area contributed by atoms with Gasteiger partial charge in [-0.2, -0.15) is 13.2 Å². The molecule has 1 aromatic heterocycles. The van der Waals surface area contributed by atoms with Gasteiger partial charge in [0.25, 0.3) is 11.8 Å². The van der Waals surface area contributed by atoms with Gasteiger partial charge in [-0.25, -0.2) is 4.98 Å². The SMILES string of the molecule is Cc1c(Cl)cccc1NC(=O)c1cc(NC(=O)c2ccccc2C(F)(F)F)cc2[nH]c(NC[C@@H]3CCCO3)nc12.Cl. The second-order valence-corrected chi connectivity index (χ2v) is 9.79. The molecule has 3 aromatic carbocycles. The second-order valence-electron chi connectivity index (χ2n) is 9.39. The number of rotatable bonds is 7. The Kier molecular flexibility index (Phi) is 9.11. The van der Waals surface area contributed by atoms with Crippen LogP contribution in [0.2, 0.25) is 5.02 Å². The molecule has 0 spiro atoms. The summed E-state index contributed by atoms with van der Waals surface area (Å²) < 4.78 is 46.2. The number of nitrogens with zero attached hydrogens (tertiary/aromatic N) is 1. The van der Waals surface area contributed by atoms with E-state index in [9.17, 15) is 22.8 Å². The average molecular weight is 608 g/mol. The minimum absolute atomic E-state index is 0. The highest BCUT2D eigenvalue weighted by Crippen LogP contribution is 2.33. The Balaban J connectivity index is 0.00000387. The monoisotopic (exact) mass is 607 g/mol. The van der Waals surface area contributed by atoms with Crippen LogP contribution in [-0.4, -0.2) is 41.0 Å². The molecule has 216 valence electrons. The second kappa shape index (κ2) is 12.4. The number of alkyl halides is 3. The van der Waals surface area contributed by atoms with E-state index >= 15 is 0 Å². The number of hydrogen-bond donors (Lipinski definition) is 4. The number of ether oxygens (including phenoxy) is 1. The zero-order valence-corrected chi connectivity index (χ0v) is 23.3. The molecule has 1 atom stereocenters. The molecular formula is C28H26Cl2F3N5O3. The molecular weight excluding hydrogens is 582 g/mol. The van der Waals surface area contributed by atoms with Gasteiger partial charge in [0.1, 0.15) is 5.52 Å². The lowest BCUT2D eigenvalue weighted by Gasteiger charge is -2.14. The predicted octanol–water partition coefficient (Wildman–Crippen LogP) is 7.06. The van der Waals surface area contributed by atoms with Crippen LogP contribution >= 0.6 is 24.0 Å². The quantitative estimate of drug-likeness (QED) is 0.180. The number of halogens is 5. The lowest BCUT2D eigenvalue weighted by Crippen LogP contribution is -2.19. The molecule has 0 aliphatic carbocycles. The normalized spacial score (nSPS) is 14.9. The van der Waals surface area contributed by atoms with Crippen LogP contribution in [0, 0.1) is 6.92 Å². The Morgan fingerprint density at radius 3 is 2.56 bits per heavy atom. The maximum absolute atomic E-state index is 13.5. The van der Waals surface area contributed by atoms with Crippen LogP contribution in [0.4, 0.5) is 30.5 Å². The highest BCUT2D eigenvalue weighted by molar-refractivity contribution is 6.31. The number of amides is 2. The first-order chi connectivity index (χ1) is 19.1. The van der Waals surface area contributed by atoms with E-state index in [2.05, 4.69) is 25.9 Å². The molecule has 1 saturated heterocycles. The fraction of sp³-hybridized carbons (Fsp3) is 0.250. The van der Waals surface area contributed by atoms with Crippen LogP contribution in [0.1, 0.15) is 44.7 Å². The first-order valence-electron chi connectivity index (χ1n) is 12.5. The van der Waals surface area contributed by atoms with Crippen molar-refractivity contribution in [2.24, 2.45) is 0 Å². The van der Waals surface area contributed by atoms with Gasteiger partial charge in [-0.15, -0.1) is 12.4 Å². The third-order valence-corrected chi connectivity index (χ3v) is 7.01. The molecule has 4 aromatic rings. The summed E-state index contributed by atoms with van der Waals surface area (Å²) in [5.74, 6) is -1.13. The average Bonchev–Trinajstić information content (AvgIpc) is 3.59. The van der Waals surface area contributed by atoms with Gasteiger partial charge >= 0.3 is 6.18 Å². The van der Waals surface area contributed by atoms with Crippen molar-refractivity contribution in [3.8, 4) is 0 Å². The zero-order valence-electron chi connectivity index (χ0n) is 21.7. The number of imidazole rings is 1. The Hall–Kier alpha value is -3.80. The van der Waals surface area contributed by atoms with Crippen molar-refractivity contribution in [3.63, 3.8) is 0 Å². The number of fused-ring (bicyclic) bond motifs is 1. The number of anilines is 3. The van der Waals surface area contributed by atoms with E-state index in [1.807, 2.05) is 0 Å². The summed E-state index contributed by atoms with van der Waals surface area (Å²) >= 11 is 6.20.